The molecule has 0 amide bonds. The number of Topliss-reactive ketones (excluding diaryl/α,β-unsaturated/α-hetero) is 1. The minimum atomic E-state index is 0.0769. The van der Waals surface area contributed by atoms with Crippen molar-refractivity contribution in [1.82, 2.24) is 5.43 Å². The topological polar surface area (TPSA) is 41.5 Å². The maximum Gasteiger partial charge on any atom is 0.144 e. The number of ketones is 1. The second-order valence-electron chi connectivity index (χ2n) is 5.18. The van der Waals surface area contributed by atoms with Gasteiger partial charge in [-0.3, -0.25) is 4.79 Å². The zero-order chi connectivity index (χ0) is 10.3. The Morgan fingerprint density at radius 2 is 2.29 bits per heavy atom. The second kappa shape index (κ2) is 3.07. The van der Waals surface area contributed by atoms with E-state index in [1.165, 1.54) is 0 Å². The molecule has 1 fully saturated rings. The summed E-state index contributed by atoms with van der Waals surface area (Å²) in [6.07, 6.45) is 2.64. The van der Waals surface area contributed by atoms with Gasteiger partial charge < -0.3 is 5.43 Å². The molecule has 0 aromatic rings. The summed E-state index contributed by atoms with van der Waals surface area (Å²) in [6, 6.07) is 0.265. The highest BCUT2D eigenvalue weighted by atomic mass is 16.1. The van der Waals surface area contributed by atoms with Crippen molar-refractivity contribution in [2.75, 3.05) is 0 Å². The molecule has 0 radical (unpaired) electrons. The molecule has 0 aromatic heterocycles. The summed E-state index contributed by atoms with van der Waals surface area (Å²) in [5, 5.41) is 4.26. The molecule has 0 bridgehead atoms. The first kappa shape index (κ1) is 9.69. The lowest BCUT2D eigenvalue weighted by atomic mass is 9.68. The van der Waals surface area contributed by atoms with Gasteiger partial charge in [-0.1, -0.05) is 20.8 Å². The van der Waals surface area contributed by atoms with E-state index in [0.29, 0.717) is 12.2 Å². The zero-order valence-corrected chi connectivity index (χ0v) is 9.13. The van der Waals surface area contributed by atoms with Crippen LogP contribution in [0.25, 0.3) is 0 Å². The van der Waals surface area contributed by atoms with Crippen LogP contribution >= 0.6 is 0 Å². The molecular weight excluding hydrogens is 176 g/mol. The van der Waals surface area contributed by atoms with E-state index in [9.17, 15) is 4.79 Å². The van der Waals surface area contributed by atoms with Crippen LogP contribution in [0.1, 0.15) is 40.0 Å². The molecule has 1 aliphatic carbocycles. The summed E-state index contributed by atoms with van der Waals surface area (Å²) in [6.45, 7) is 6.38. The fraction of sp³-hybridized carbons (Fsp3) is 0.818. The molecule has 2 aliphatic rings. The number of nitrogens with zero attached hydrogens (tertiary/aromatic N) is 1. The van der Waals surface area contributed by atoms with Crippen molar-refractivity contribution in [3.05, 3.63) is 0 Å². The maximum atomic E-state index is 11.9. The lowest BCUT2D eigenvalue weighted by Crippen LogP contribution is -2.45. The largest absolute Gasteiger partial charge is 0.306 e. The van der Waals surface area contributed by atoms with Crippen LogP contribution in [0.5, 0.6) is 0 Å². The molecule has 1 aliphatic heterocycles. The molecule has 14 heavy (non-hydrogen) atoms. The van der Waals surface area contributed by atoms with Crippen molar-refractivity contribution in [1.29, 1.82) is 0 Å². The Hall–Kier alpha value is -0.860. The number of carbonyl (C=O) groups is 1. The fourth-order valence-electron chi connectivity index (χ4n) is 2.66. The number of rotatable bonds is 1. The summed E-state index contributed by atoms with van der Waals surface area (Å²) in [7, 11) is 0. The van der Waals surface area contributed by atoms with E-state index in [1.807, 2.05) is 0 Å². The number of fused-ring (bicyclic) bond motifs is 1. The Bertz CT molecular complexity index is 294. The first-order chi connectivity index (χ1) is 6.53. The van der Waals surface area contributed by atoms with Crippen LogP contribution < -0.4 is 5.43 Å². The first-order valence-corrected chi connectivity index (χ1v) is 5.38. The van der Waals surface area contributed by atoms with Gasteiger partial charge in [-0.15, -0.1) is 0 Å². The van der Waals surface area contributed by atoms with Gasteiger partial charge in [0.25, 0.3) is 0 Å². The molecule has 3 nitrogen and oxygen atoms in total. The lowest BCUT2D eigenvalue weighted by Gasteiger charge is -2.36. The average molecular weight is 194 g/mol. The van der Waals surface area contributed by atoms with Crippen LogP contribution in [-0.2, 0) is 4.79 Å². The summed E-state index contributed by atoms with van der Waals surface area (Å²) < 4.78 is 0. The van der Waals surface area contributed by atoms with Gasteiger partial charge in [-0.05, 0) is 18.3 Å². The summed E-state index contributed by atoms with van der Waals surface area (Å²) >= 11 is 0. The van der Waals surface area contributed by atoms with E-state index in [4.69, 9.17) is 0 Å². The zero-order valence-electron chi connectivity index (χ0n) is 9.13. The highest BCUT2D eigenvalue weighted by Crippen LogP contribution is 2.38. The van der Waals surface area contributed by atoms with E-state index in [1.54, 1.807) is 0 Å². The van der Waals surface area contributed by atoms with Gasteiger partial charge in [0, 0.05) is 6.42 Å². The number of hydrazone groups is 1. The Kier molecular flexibility index (Phi) is 2.13. The van der Waals surface area contributed by atoms with Gasteiger partial charge in [0.2, 0.25) is 0 Å². The first-order valence-electron chi connectivity index (χ1n) is 5.38. The van der Waals surface area contributed by atoms with Crippen molar-refractivity contribution in [2.24, 2.45) is 16.4 Å². The highest BCUT2D eigenvalue weighted by molar-refractivity contribution is 6.07. The molecule has 3 heteroatoms. The van der Waals surface area contributed by atoms with Gasteiger partial charge in [0.05, 0.1) is 17.7 Å². The molecular formula is C11H18N2O. The molecule has 1 heterocycles. The molecule has 78 valence electrons. The van der Waals surface area contributed by atoms with E-state index >= 15 is 0 Å². The van der Waals surface area contributed by atoms with E-state index in [-0.39, 0.29) is 17.4 Å². The summed E-state index contributed by atoms with van der Waals surface area (Å²) in [5.74, 6) is 0.449. The predicted octanol–water partition coefficient (Wildman–Crippen LogP) is 1.73. The van der Waals surface area contributed by atoms with E-state index < -0.39 is 0 Å². The average Bonchev–Trinajstić information content (AvgIpc) is 2.44. The van der Waals surface area contributed by atoms with Crippen molar-refractivity contribution in [3.63, 3.8) is 0 Å². The molecule has 2 rings (SSSR count). The molecule has 0 aromatic carbocycles. The van der Waals surface area contributed by atoms with Gasteiger partial charge in [0.1, 0.15) is 5.78 Å². The van der Waals surface area contributed by atoms with Crippen molar-refractivity contribution >= 4 is 11.5 Å². The van der Waals surface area contributed by atoms with Gasteiger partial charge in [-0.25, -0.2) is 0 Å². The van der Waals surface area contributed by atoms with Crippen molar-refractivity contribution in [3.8, 4) is 0 Å². The van der Waals surface area contributed by atoms with Crippen molar-refractivity contribution < 1.29 is 4.79 Å². The standard InChI is InChI=1S/C11H18N2O/c1-4-7-10-8(13-12-7)5-11(2,3)6-9(10)14/h8,10,13H,4-6H2,1-3H3/t8-,10+/m1/s1. The molecule has 2 atom stereocenters. The SMILES string of the molecule is CCC1=NN[C@@H]2CC(C)(C)CC(=O)[C@@H]12. The third-order valence-corrected chi connectivity index (χ3v) is 3.27. The Morgan fingerprint density at radius 3 is 2.93 bits per heavy atom. The quantitative estimate of drug-likeness (QED) is 0.690. The summed E-state index contributed by atoms with van der Waals surface area (Å²) in [4.78, 5) is 11.9. The highest BCUT2D eigenvalue weighted by Gasteiger charge is 2.44. The molecule has 1 saturated carbocycles. The molecule has 0 spiro atoms. The number of nitrogens with one attached hydrogen (secondary N) is 1. The Morgan fingerprint density at radius 1 is 1.57 bits per heavy atom. The molecule has 1 N–H and O–H groups in total. The third kappa shape index (κ3) is 1.45. The Balaban J connectivity index is 2.20. The van der Waals surface area contributed by atoms with Crippen molar-refractivity contribution in [2.45, 2.75) is 46.1 Å². The minimum absolute atomic E-state index is 0.0769. The maximum absolute atomic E-state index is 11.9. The van der Waals surface area contributed by atoms with Crippen LogP contribution in [0.4, 0.5) is 0 Å². The van der Waals surface area contributed by atoms with E-state index in [0.717, 1.165) is 18.6 Å². The molecule has 0 saturated heterocycles. The lowest BCUT2D eigenvalue weighted by molar-refractivity contribution is -0.126. The van der Waals surface area contributed by atoms with Gasteiger partial charge in [-0.2, -0.15) is 5.10 Å². The number of carbonyl (C=O) groups excluding carboxylic acids is 1. The Labute approximate surface area is 85.0 Å². The van der Waals surface area contributed by atoms with Gasteiger partial charge >= 0.3 is 0 Å². The monoisotopic (exact) mass is 194 g/mol. The predicted molar refractivity (Wildman–Crippen MR) is 56.2 cm³/mol. The van der Waals surface area contributed by atoms with Crippen LogP contribution in [0.3, 0.4) is 0 Å². The normalized spacial score (nSPS) is 34.8. The van der Waals surface area contributed by atoms with E-state index in [2.05, 4.69) is 31.3 Å². The third-order valence-electron chi connectivity index (χ3n) is 3.27. The minimum Gasteiger partial charge on any atom is -0.306 e. The summed E-state index contributed by atoms with van der Waals surface area (Å²) in [5.41, 5.74) is 4.31. The van der Waals surface area contributed by atoms with Crippen LogP contribution in [-0.4, -0.2) is 17.5 Å². The van der Waals surface area contributed by atoms with Crippen LogP contribution in [0.2, 0.25) is 0 Å². The van der Waals surface area contributed by atoms with Crippen LogP contribution in [0.15, 0.2) is 5.10 Å². The second-order valence-corrected chi connectivity index (χ2v) is 5.18. The smallest absolute Gasteiger partial charge is 0.144 e. The number of hydrogen-bond donors (Lipinski definition) is 1. The molecule has 0 unspecified atom stereocenters. The van der Waals surface area contributed by atoms with Crippen LogP contribution in [0, 0.1) is 11.3 Å². The number of hydrogen-bond acceptors (Lipinski definition) is 3. The van der Waals surface area contributed by atoms with Gasteiger partial charge in [0.15, 0.2) is 0 Å². The fourth-order valence-corrected chi connectivity index (χ4v) is 2.66.